The van der Waals surface area contributed by atoms with E-state index in [0.717, 1.165) is 12.8 Å². The summed E-state index contributed by atoms with van der Waals surface area (Å²) in [6.07, 6.45) is 4.37. The molecule has 70 valence electrons. The zero-order valence-electron chi connectivity index (χ0n) is 6.85. The fourth-order valence-electron chi connectivity index (χ4n) is 1.51. The number of amides is 1. The quantitative estimate of drug-likeness (QED) is 0.710. The lowest BCUT2D eigenvalue weighted by molar-refractivity contribution is -0.124. The third-order valence-corrected chi connectivity index (χ3v) is 2.47. The first kappa shape index (κ1) is 10.1. The minimum absolute atomic E-state index is 0.110. The van der Waals surface area contributed by atoms with E-state index in [1.807, 2.05) is 0 Å². The average molecular weight is 210 g/mol. The van der Waals surface area contributed by atoms with Gasteiger partial charge < -0.3 is 5.32 Å². The number of hydrogen-bond donors (Lipinski definition) is 1. The van der Waals surface area contributed by atoms with Crippen molar-refractivity contribution in [3.8, 4) is 0 Å². The maximum Gasteiger partial charge on any atom is 0.223 e. The van der Waals surface area contributed by atoms with Gasteiger partial charge in [-0.25, -0.2) is 0 Å². The Labute approximate surface area is 82.6 Å². The summed E-state index contributed by atoms with van der Waals surface area (Å²) in [5.74, 6) is 0.316. The van der Waals surface area contributed by atoms with E-state index in [1.165, 1.54) is 12.8 Å². The van der Waals surface area contributed by atoms with Crippen LogP contribution in [-0.2, 0) is 4.79 Å². The van der Waals surface area contributed by atoms with Gasteiger partial charge in [0.1, 0.15) is 4.84 Å². The topological polar surface area (TPSA) is 29.1 Å². The Morgan fingerprint density at radius 2 is 2.00 bits per heavy atom. The van der Waals surface area contributed by atoms with Crippen molar-refractivity contribution in [1.82, 2.24) is 5.32 Å². The van der Waals surface area contributed by atoms with Crippen LogP contribution in [-0.4, -0.2) is 17.3 Å². The number of carbonyl (C=O) groups is 1. The van der Waals surface area contributed by atoms with Crippen LogP contribution in [0.3, 0.4) is 0 Å². The molecule has 0 radical (unpaired) electrons. The molecule has 2 nitrogen and oxygen atoms in total. The molecule has 1 saturated carbocycles. The lowest BCUT2D eigenvalue weighted by Gasteiger charge is -2.09. The normalized spacial score (nSPS) is 18.6. The van der Waals surface area contributed by atoms with Crippen molar-refractivity contribution in [1.29, 1.82) is 0 Å². The van der Waals surface area contributed by atoms with Gasteiger partial charge in [0, 0.05) is 12.5 Å². The van der Waals surface area contributed by atoms with E-state index >= 15 is 0 Å². The first-order valence-corrected chi connectivity index (χ1v) is 5.13. The maximum atomic E-state index is 11.3. The Hall–Kier alpha value is 0.0500. The van der Waals surface area contributed by atoms with Crippen molar-refractivity contribution in [2.45, 2.75) is 30.5 Å². The Morgan fingerprint density at radius 3 is 2.50 bits per heavy atom. The van der Waals surface area contributed by atoms with Gasteiger partial charge in [-0.2, -0.15) is 0 Å². The smallest absolute Gasteiger partial charge is 0.223 e. The van der Waals surface area contributed by atoms with E-state index in [4.69, 9.17) is 23.2 Å². The largest absolute Gasteiger partial charge is 0.353 e. The van der Waals surface area contributed by atoms with Gasteiger partial charge in [0.25, 0.3) is 0 Å². The Morgan fingerprint density at radius 1 is 1.42 bits per heavy atom. The van der Waals surface area contributed by atoms with Crippen LogP contribution in [0.5, 0.6) is 0 Å². The molecule has 0 bridgehead atoms. The average Bonchev–Trinajstić information content (AvgIpc) is 2.51. The Bertz CT molecular complexity index is 155. The van der Waals surface area contributed by atoms with Crippen molar-refractivity contribution >= 4 is 29.1 Å². The second-order valence-electron chi connectivity index (χ2n) is 3.12. The highest BCUT2D eigenvalue weighted by molar-refractivity contribution is 6.44. The first-order chi connectivity index (χ1) is 5.70. The van der Waals surface area contributed by atoms with Gasteiger partial charge in [0.15, 0.2) is 0 Å². The minimum atomic E-state index is -0.490. The number of halogens is 2. The van der Waals surface area contributed by atoms with Crippen molar-refractivity contribution < 1.29 is 4.79 Å². The summed E-state index contributed by atoms with van der Waals surface area (Å²) < 4.78 is 0. The Kier molecular flexibility index (Phi) is 4.16. The van der Waals surface area contributed by atoms with Gasteiger partial charge >= 0.3 is 0 Å². The van der Waals surface area contributed by atoms with Gasteiger partial charge in [0.05, 0.1) is 0 Å². The molecule has 12 heavy (non-hydrogen) atoms. The second-order valence-corrected chi connectivity index (χ2v) is 4.39. The summed E-state index contributed by atoms with van der Waals surface area (Å²) in [5.41, 5.74) is 0. The monoisotopic (exact) mass is 209 g/mol. The van der Waals surface area contributed by atoms with E-state index < -0.39 is 4.84 Å². The predicted octanol–water partition coefficient (Wildman–Crippen LogP) is 2.10. The van der Waals surface area contributed by atoms with E-state index in [9.17, 15) is 4.79 Å². The predicted molar refractivity (Wildman–Crippen MR) is 50.5 cm³/mol. The van der Waals surface area contributed by atoms with E-state index in [1.54, 1.807) is 0 Å². The standard InChI is InChI=1S/C8H13Cl2NO/c9-7(10)5-11-8(12)6-3-1-2-4-6/h6-7H,1-5H2,(H,11,12). The van der Waals surface area contributed by atoms with Crippen LogP contribution >= 0.6 is 23.2 Å². The third-order valence-electron chi connectivity index (χ3n) is 2.16. The summed E-state index contributed by atoms with van der Waals surface area (Å²) in [5, 5.41) is 2.72. The number of rotatable bonds is 3. The SMILES string of the molecule is O=C(NCC(Cl)Cl)C1CCCC1. The van der Waals surface area contributed by atoms with Gasteiger partial charge in [-0.15, -0.1) is 23.2 Å². The lowest BCUT2D eigenvalue weighted by Crippen LogP contribution is -2.32. The molecule has 0 unspecified atom stereocenters. The van der Waals surface area contributed by atoms with Crippen LogP contribution in [0.15, 0.2) is 0 Å². The summed E-state index contributed by atoms with van der Waals surface area (Å²) in [4.78, 5) is 10.8. The molecule has 1 rings (SSSR count). The number of carbonyl (C=O) groups excluding carboxylic acids is 1. The van der Waals surface area contributed by atoms with Crippen LogP contribution in [0.4, 0.5) is 0 Å². The number of hydrogen-bond acceptors (Lipinski definition) is 1. The third kappa shape index (κ3) is 3.20. The van der Waals surface area contributed by atoms with Gasteiger partial charge in [-0.3, -0.25) is 4.79 Å². The van der Waals surface area contributed by atoms with Crippen LogP contribution in [0.25, 0.3) is 0 Å². The van der Waals surface area contributed by atoms with Crippen LogP contribution < -0.4 is 5.32 Å². The van der Waals surface area contributed by atoms with Crippen molar-refractivity contribution in [3.05, 3.63) is 0 Å². The maximum absolute atomic E-state index is 11.3. The molecule has 0 saturated heterocycles. The van der Waals surface area contributed by atoms with Gasteiger partial charge in [-0.05, 0) is 12.8 Å². The lowest BCUT2D eigenvalue weighted by atomic mass is 10.1. The highest BCUT2D eigenvalue weighted by Gasteiger charge is 2.22. The fourth-order valence-corrected chi connectivity index (χ4v) is 1.66. The molecule has 0 heterocycles. The van der Waals surface area contributed by atoms with Gasteiger partial charge in [-0.1, -0.05) is 12.8 Å². The molecule has 4 heteroatoms. The summed E-state index contributed by atoms with van der Waals surface area (Å²) in [6, 6.07) is 0. The highest BCUT2D eigenvalue weighted by Crippen LogP contribution is 2.24. The molecule has 1 aliphatic carbocycles. The van der Waals surface area contributed by atoms with E-state index in [2.05, 4.69) is 5.32 Å². The number of alkyl halides is 2. The molecule has 1 fully saturated rings. The zero-order valence-corrected chi connectivity index (χ0v) is 8.37. The first-order valence-electron chi connectivity index (χ1n) is 4.26. The molecule has 0 aromatic carbocycles. The number of nitrogens with one attached hydrogen (secondary N) is 1. The van der Waals surface area contributed by atoms with Crippen LogP contribution in [0.1, 0.15) is 25.7 Å². The molecule has 1 amide bonds. The molecule has 0 aromatic heterocycles. The van der Waals surface area contributed by atoms with E-state index in [-0.39, 0.29) is 11.8 Å². The van der Waals surface area contributed by atoms with Crippen molar-refractivity contribution in [3.63, 3.8) is 0 Å². The molecule has 0 atom stereocenters. The van der Waals surface area contributed by atoms with Gasteiger partial charge in [0.2, 0.25) is 5.91 Å². The molecular weight excluding hydrogens is 197 g/mol. The van der Waals surface area contributed by atoms with Crippen LogP contribution in [0.2, 0.25) is 0 Å². The molecule has 0 spiro atoms. The minimum Gasteiger partial charge on any atom is -0.353 e. The second kappa shape index (κ2) is 4.93. The highest BCUT2D eigenvalue weighted by atomic mass is 35.5. The Balaban J connectivity index is 2.18. The fraction of sp³-hybridized carbons (Fsp3) is 0.875. The molecule has 0 aromatic rings. The molecular formula is C8H13Cl2NO. The zero-order chi connectivity index (χ0) is 8.97. The van der Waals surface area contributed by atoms with Crippen LogP contribution in [0, 0.1) is 5.92 Å². The van der Waals surface area contributed by atoms with E-state index in [0.29, 0.717) is 6.54 Å². The summed E-state index contributed by atoms with van der Waals surface area (Å²) in [7, 11) is 0. The van der Waals surface area contributed by atoms with Crippen molar-refractivity contribution in [2.75, 3.05) is 6.54 Å². The molecule has 0 aliphatic heterocycles. The summed E-state index contributed by atoms with van der Waals surface area (Å²) in [6.45, 7) is 0.360. The summed E-state index contributed by atoms with van der Waals surface area (Å²) >= 11 is 11.0. The molecule has 1 N–H and O–H groups in total. The molecule has 1 aliphatic rings. The van der Waals surface area contributed by atoms with Crippen molar-refractivity contribution in [2.24, 2.45) is 5.92 Å².